The molecule has 2 aromatic heterocycles. The van der Waals surface area contributed by atoms with E-state index < -0.39 is 0 Å². The van der Waals surface area contributed by atoms with Gasteiger partial charge in [-0.05, 0) is 47.4 Å². The van der Waals surface area contributed by atoms with E-state index in [4.69, 9.17) is 4.98 Å². The summed E-state index contributed by atoms with van der Waals surface area (Å²) in [5.41, 5.74) is 4.80. The van der Waals surface area contributed by atoms with Crippen LogP contribution in [0, 0.1) is 0 Å². The first-order valence-electron chi connectivity index (χ1n) is 8.93. The van der Waals surface area contributed by atoms with E-state index in [0.717, 1.165) is 30.2 Å². The van der Waals surface area contributed by atoms with Gasteiger partial charge in [0.25, 0.3) is 0 Å². The quantitative estimate of drug-likeness (QED) is 0.437. The van der Waals surface area contributed by atoms with Crippen molar-refractivity contribution < 1.29 is 0 Å². The van der Waals surface area contributed by atoms with Gasteiger partial charge in [-0.25, -0.2) is 4.98 Å². The van der Waals surface area contributed by atoms with Crippen LogP contribution in [0.5, 0.6) is 0 Å². The smallest absolute Gasteiger partial charge is 0.186 e. The Bertz CT molecular complexity index is 944. The molecule has 0 atom stereocenters. The number of hydrogen-bond donors (Lipinski definition) is 0. The van der Waals surface area contributed by atoms with Crippen molar-refractivity contribution in [3.63, 3.8) is 0 Å². The summed E-state index contributed by atoms with van der Waals surface area (Å²) in [4.78, 5) is 11.3. The molecule has 26 heavy (non-hydrogen) atoms. The molecule has 0 radical (unpaired) electrons. The monoisotopic (exact) mass is 359 g/mol. The summed E-state index contributed by atoms with van der Waals surface area (Å²) in [6.07, 6.45) is 4.77. The van der Waals surface area contributed by atoms with Crippen LogP contribution >= 0.6 is 11.3 Å². The Morgan fingerprint density at radius 2 is 1.62 bits per heavy atom. The lowest BCUT2D eigenvalue weighted by molar-refractivity contribution is 0.765. The van der Waals surface area contributed by atoms with Crippen molar-refractivity contribution in [2.75, 3.05) is 11.4 Å². The van der Waals surface area contributed by atoms with E-state index in [-0.39, 0.29) is 0 Å². The van der Waals surface area contributed by atoms with E-state index in [1.807, 2.05) is 30.6 Å². The van der Waals surface area contributed by atoms with E-state index in [2.05, 4.69) is 59.3 Å². The molecule has 0 fully saturated rings. The third-order valence-corrected chi connectivity index (χ3v) is 5.48. The van der Waals surface area contributed by atoms with Gasteiger partial charge in [-0.2, -0.15) is 0 Å². The summed E-state index contributed by atoms with van der Waals surface area (Å²) in [5, 5.41) is 1.10. The standard InChI is InChI=1S/C22H21N3S/c1-2-15-25(22-24-20-5-3-4-6-21(20)26-22)16-17-7-9-18(10-8-17)19-11-13-23-14-12-19/h3-14H,2,15-16H2,1H3. The Morgan fingerprint density at radius 1 is 0.885 bits per heavy atom. The lowest BCUT2D eigenvalue weighted by atomic mass is 10.1. The summed E-state index contributed by atoms with van der Waals surface area (Å²) >= 11 is 1.77. The van der Waals surface area contributed by atoms with E-state index in [9.17, 15) is 0 Å². The van der Waals surface area contributed by atoms with E-state index in [1.54, 1.807) is 11.3 Å². The summed E-state index contributed by atoms with van der Waals surface area (Å²) in [6, 6.07) is 21.2. The number of hydrogen-bond acceptors (Lipinski definition) is 4. The summed E-state index contributed by atoms with van der Waals surface area (Å²) < 4.78 is 1.25. The highest BCUT2D eigenvalue weighted by molar-refractivity contribution is 7.22. The molecule has 0 N–H and O–H groups in total. The Hall–Kier alpha value is -2.72. The van der Waals surface area contributed by atoms with E-state index in [0.29, 0.717) is 0 Å². The van der Waals surface area contributed by atoms with Gasteiger partial charge in [-0.3, -0.25) is 4.98 Å². The van der Waals surface area contributed by atoms with Crippen LogP contribution < -0.4 is 4.90 Å². The number of benzene rings is 2. The fraction of sp³-hybridized carbons (Fsp3) is 0.182. The molecule has 0 unspecified atom stereocenters. The molecule has 0 aliphatic carbocycles. The normalized spacial score (nSPS) is 11.0. The highest BCUT2D eigenvalue weighted by Gasteiger charge is 2.12. The average Bonchev–Trinajstić information content (AvgIpc) is 3.13. The van der Waals surface area contributed by atoms with Crippen molar-refractivity contribution in [2.24, 2.45) is 0 Å². The number of anilines is 1. The largest absolute Gasteiger partial charge is 0.344 e. The van der Waals surface area contributed by atoms with Crippen molar-refractivity contribution in [3.05, 3.63) is 78.6 Å². The molecule has 4 aromatic rings. The SMILES string of the molecule is CCCN(Cc1ccc(-c2ccncc2)cc1)c1nc2ccccc2s1. The van der Waals surface area contributed by atoms with E-state index in [1.165, 1.54) is 21.4 Å². The van der Waals surface area contributed by atoms with Crippen LogP contribution in [0.1, 0.15) is 18.9 Å². The minimum absolute atomic E-state index is 0.879. The van der Waals surface area contributed by atoms with Crippen LogP contribution in [0.25, 0.3) is 21.3 Å². The molecule has 0 saturated heterocycles. The number of thiazole rings is 1. The predicted molar refractivity (Wildman–Crippen MR) is 111 cm³/mol. The van der Waals surface area contributed by atoms with E-state index >= 15 is 0 Å². The Balaban J connectivity index is 1.56. The van der Waals surface area contributed by atoms with Crippen molar-refractivity contribution in [3.8, 4) is 11.1 Å². The summed E-state index contributed by atoms with van der Waals surface area (Å²) in [7, 11) is 0. The molecular weight excluding hydrogens is 338 g/mol. The zero-order valence-corrected chi connectivity index (χ0v) is 15.6. The Morgan fingerprint density at radius 3 is 2.35 bits per heavy atom. The molecule has 0 saturated carbocycles. The second kappa shape index (κ2) is 7.67. The lowest BCUT2D eigenvalue weighted by Gasteiger charge is -2.21. The molecule has 3 nitrogen and oxygen atoms in total. The summed E-state index contributed by atoms with van der Waals surface area (Å²) in [5.74, 6) is 0. The Kier molecular flexibility index (Phi) is 4.93. The van der Waals surface area contributed by atoms with Gasteiger partial charge in [-0.15, -0.1) is 0 Å². The fourth-order valence-electron chi connectivity index (χ4n) is 3.07. The van der Waals surface area contributed by atoms with Crippen molar-refractivity contribution in [1.29, 1.82) is 0 Å². The molecule has 0 spiro atoms. The van der Waals surface area contributed by atoms with Crippen LogP contribution in [0.2, 0.25) is 0 Å². The average molecular weight is 359 g/mol. The first-order valence-corrected chi connectivity index (χ1v) is 9.75. The van der Waals surface area contributed by atoms with Gasteiger partial charge in [0.1, 0.15) is 0 Å². The van der Waals surface area contributed by atoms with Crippen molar-refractivity contribution >= 4 is 26.7 Å². The molecule has 0 amide bonds. The van der Waals surface area contributed by atoms with Crippen LogP contribution in [0.15, 0.2) is 73.1 Å². The third-order valence-electron chi connectivity index (χ3n) is 4.39. The molecular formula is C22H21N3S. The topological polar surface area (TPSA) is 29.0 Å². The van der Waals surface area contributed by atoms with Gasteiger partial charge in [0.2, 0.25) is 0 Å². The fourth-order valence-corrected chi connectivity index (χ4v) is 4.07. The molecule has 4 heteroatoms. The number of para-hydroxylation sites is 1. The van der Waals surface area contributed by atoms with Crippen molar-refractivity contribution in [1.82, 2.24) is 9.97 Å². The van der Waals surface area contributed by atoms with Crippen LogP contribution in [-0.4, -0.2) is 16.5 Å². The first-order chi connectivity index (χ1) is 12.8. The molecule has 4 rings (SSSR count). The molecule has 2 heterocycles. The molecule has 130 valence electrons. The number of pyridine rings is 1. The second-order valence-corrected chi connectivity index (χ2v) is 7.33. The third kappa shape index (κ3) is 3.60. The zero-order chi connectivity index (χ0) is 17.8. The Labute approximate surface area is 158 Å². The van der Waals surface area contributed by atoms with Crippen molar-refractivity contribution in [2.45, 2.75) is 19.9 Å². The van der Waals surface area contributed by atoms with Gasteiger partial charge < -0.3 is 4.90 Å². The summed E-state index contributed by atoms with van der Waals surface area (Å²) in [6.45, 7) is 4.10. The highest BCUT2D eigenvalue weighted by Crippen LogP contribution is 2.30. The minimum Gasteiger partial charge on any atom is -0.344 e. The molecule has 0 aliphatic heterocycles. The number of aromatic nitrogens is 2. The molecule has 0 aliphatic rings. The first kappa shape index (κ1) is 16.7. The van der Waals surface area contributed by atoms with Crippen LogP contribution in [0.4, 0.5) is 5.13 Å². The van der Waals surface area contributed by atoms with Crippen LogP contribution in [-0.2, 0) is 6.54 Å². The number of fused-ring (bicyclic) bond motifs is 1. The predicted octanol–water partition coefficient (Wildman–Crippen LogP) is 5.77. The van der Waals surface area contributed by atoms with Gasteiger partial charge in [0, 0.05) is 25.5 Å². The number of rotatable bonds is 6. The maximum atomic E-state index is 4.83. The number of nitrogens with zero attached hydrogens (tertiary/aromatic N) is 3. The minimum atomic E-state index is 0.879. The molecule has 0 bridgehead atoms. The van der Waals surface area contributed by atoms with Gasteiger partial charge >= 0.3 is 0 Å². The highest BCUT2D eigenvalue weighted by atomic mass is 32.1. The lowest BCUT2D eigenvalue weighted by Crippen LogP contribution is -2.23. The maximum absolute atomic E-state index is 4.83. The van der Waals surface area contributed by atoms with Crippen LogP contribution in [0.3, 0.4) is 0 Å². The zero-order valence-electron chi connectivity index (χ0n) is 14.8. The van der Waals surface area contributed by atoms with Gasteiger partial charge in [0.15, 0.2) is 5.13 Å². The maximum Gasteiger partial charge on any atom is 0.186 e. The van der Waals surface area contributed by atoms with Gasteiger partial charge in [0.05, 0.1) is 10.2 Å². The molecule has 2 aromatic carbocycles. The van der Waals surface area contributed by atoms with Gasteiger partial charge in [-0.1, -0.05) is 54.7 Å². The second-order valence-electron chi connectivity index (χ2n) is 6.32.